The molecule has 1 aromatic carbocycles. The number of halogens is 1. The Bertz CT molecular complexity index is 465. The summed E-state index contributed by atoms with van der Waals surface area (Å²) in [4.78, 5) is 12.1. The van der Waals surface area contributed by atoms with Crippen LogP contribution in [-0.2, 0) is 0 Å². The fourth-order valence-corrected chi connectivity index (χ4v) is 3.24. The van der Waals surface area contributed by atoms with Crippen molar-refractivity contribution in [1.82, 2.24) is 5.32 Å². The van der Waals surface area contributed by atoms with Crippen LogP contribution in [-0.4, -0.2) is 12.5 Å². The van der Waals surface area contributed by atoms with Gasteiger partial charge in [-0.2, -0.15) is 0 Å². The summed E-state index contributed by atoms with van der Waals surface area (Å²) in [6.45, 7) is 9.81. The predicted molar refractivity (Wildman–Crippen MR) is 77.5 cm³/mol. The van der Waals surface area contributed by atoms with Crippen molar-refractivity contribution in [1.29, 1.82) is 0 Å². The molecule has 1 aliphatic carbocycles. The zero-order chi connectivity index (χ0) is 13.6. The highest BCUT2D eigenvalue weighted by Crippen LogP contribution is 2.67. The Hall–Kier alpha value is -0.830. The number of rotatable bonds is 3. The van der Waals surface area contributed by atoms with Crippen LogP contribution in [0, 0.1) is 16.7 Å². The highest BCUT2D eigenvalue weighted by Gasteiger charge is 2.64. The molecule has 2 nitrogen and oxygen atoms in total. The summed E-state index contributed by atoms with van der Waals surface area (Å²) in [7, 11) is 0. The van der Waals surface area contributed by atoms with Crippen molar-refractivity contribution in [2.75, 3.05) is 6.54 Å². The number of carbonyl (C=O) groups is 1. The van der Waals surface area contributed by atoms with Crippen LogP contribution in [0.25, 0.3) is 0 Å². The van der Waals surface area contributed by atoms with Crippen LogP contribution in [0.3, 0.4) is 0 Å². The van der Waals surface area contributed by atoms with Gasteiger partial charge in [0.15, 0.2) is 0 Å². The van der Waals surface area contributed by atoms with E-state index in [2.05, 4.69) is 48.9 Å². The molecule has 1 aliphatic rings. The topological polar surface area (TPSA) is 29.1 Å². The van der Waals surface area contributed by atoms with Crippen molar-refractivity contribution in [3.8, 4) is 0 Å². The molecule has 0 radical (unpaired) electrons. The molecule has 18 heavy (non-hydrogen) atoms. The second kappa shape index (κ2) is 4.37. The van der Waals surface area contributed by atoms with Gasteiger partial charge in [-0.3, -0.25) is 4.79 Å². The molecular formula is C15H20BrNO. The van der Waals surface area contributed by atoms with Crippen molar-refractivity contribution in [3.63, 3.8) is 0 Å². The Morgan fingerprint density at radius 1 is 1.22 bits per heavy atom. The zero-order valence-electron chi connectivity index (χ0n) is 11.4. The van der Waals surface area contributed by atoms with Crippen molar-refractivity contribution in [3.05, 3.63) is 34.3 Å². The first-order chi connectivity index (χ1) is 8.28. The lowest BCUT2D eigenvalue weighted by molar-refractivity contribution is 0.0949. The van der Waals surface area contributed by atoms with Crippen LogP contribution >= 0.6 is 15.9 Å². The minimum Gasteiger partial charge on any atom is -0.352 e. The van der Waals surface area contributed by atoms with Crippen molar-refractivity contribution < 1.29 is 4.79 Å². The summed E-state index contributed by atoms with van der Waals surface area (Å²) in [5.41, 5.74) is 1.33. The second-order valence-electron chi connectivity index (χ2n) is 6.19. The molecule has 0 spiro atoms. The van der Waals surface area contributed by atoms with Gasteiger partial charge in [-0.1, -0.05) is 39.8 Å². The minimum absolute atomic E-state index is 0.000903. The first kappa shape index (κ1) is 13.6. The fourth-order valence-electron chi connectivity index (χ4n) is 2.78. The lowest BCUT2D eigenvalue weighted by Crippen LogP contribution is -2.27. The highest BCUT2D eigenvalue weighted by molar-refractivity contribution is 9.10. The Kier molecular flexibility index (Phi) is 3.30. The molecule has 0 saturated heterocycles. The first-order valence-electron chi connectivity index (χ1n) is 6.31. The van der Waals surface area contributed by atoms with E-state index < -0.39 is 0 Å². The molecule has 1 aromatic rings. The average Bonchev–Trinajstić information content (AvgIpc) is 2.67. The van der Waals surface area contributed by atoms with E-state index in [0.717, 1.165) is 11.0 Å². The van der Waals surface area contributed by atoms with E-state index >= 15 is 0 Å². The van der Waals surface area contributed by atoms with Gasteiger partial charge >= 0.3 is 0 Å². The van der Waals surface area contributed by atoms with E-state index in [1.807, 2.05) is 24.3 Å². The molecule has 1 fully saturated rings. The summed E-state index contributed by atoms with van der Waals surface area (Å²) < 4.78 is 0.844. The molecule has 2 rings (SSSR count). The van der Waals surface area contributed by atoms with Gasteiger partial charge in [-0.25, -0.2) is 0 Å². The molecule has 0 bridgehead atoms. The standard InChI is InChI=1S/C15H20BrNO/c1-14(2)12(15(14,3)4)9-17-13(18)10-7-5-6-8-11(10)16/h5-8,12H,9H2,1-4H3,(H,17,18). The molecular weight excluding hydrogens is 290 g/mol. The minimum atomic E-state index is 0.000903. The molecule has 3 heteroatoms. The molecule has 0 atom stereocenters. The maximum Gasteiger partial charge on any atom is 0.252 e. The van der Waals surface area contributed by atoms with Crippen LogP contribution in [0.4, 0.5) is 0 Å². The molecule has 0 unspecified atom stereocenters. The largest absolute Gasteiger partial charge is 0.352 e. The normalized spacial score (nSPS) is 20.5. The Morgan fingerprint density at radius 3 is 2.28 bits per heavy atom. The number of hydrogen-bond acceptors (Lipinski definition) is 1. The fraction of sp³-hybridized carbons (Fsp3) is 0.533. The van der Waals surface area contributed by atoms with Gasteiger partial charge in [0.05, 0.1) is 5.56 Å². The van der Waals surface area contributed by atoms with Gasteiger partial charge in [0.1, 0.15) is 0 Å². The number of nitrogens with one attached hydrogen (secondary N) is 1. The molecule has 1 amide bonds. The second-order valence-corrected chi connectivity index (χ2v) is 7.04. The highest BCUT2D eigenvalue weighted by atomic mass is 79.9. The average molecular weight is 310 g/mol. The predicted octanol–water partition coefficient (Wildman–Crippen LogP) is 3.86. The molecule has 98 valence electrons. The van der Waals surface area contributed by atoms with Gasteiger partial charge in [0.2, 0.25) is 0 Å². The van der Waals surface area contributed by atoms with Gasteiger partial charge < -0.3 is 5.32 Å². The quantitative estimate of drug-likeness (QED) is 0.902. The van der Waals surface area contributed by atoms with E-state index in [9.17, 15) is 4.79 Å². The Balaban J connectivity index is 1.97. The zero-order valence-corrected chi connectivity index (χ0v) is 13.0. The molecule has 0 aliphatic heterocycles. The summed E-state index contributed by atoms with van der Waals surface area (Å²) in [5, 5.41) is 3.04. The number of benzene rings is 1. The lowest BCUT2D eigenvalue weighted by Gasteiger charge is -2.07. The van der Waals surface area contributed by atoms with E-state index in [1.54, 1.807) is 0 Å². The maximum atomic E-state index is 12.1. The molecule has 0 aromatic heterocycles. The van der Waals surface area contributed by atoms with Crippen molar-refractivity contribution in [2.45, 2.75) is 27.7 Å². The van der Waals surface area contributed by atoms with Crippen molar-refractivity contribution >= 4 is 21.8 Å². The van der Waals surface area contributed by atoms with Crippen LogP contribution in [0.5, 0.6) is 0 Å². The number of hydrogen-bond donors (Lipinski definition) is 1. The molecule has 1 N–H and O–H groups in total. The molecule has 1 saturated carbocycles. The summed E-state index contributed by atoms with van der Waals surface area (Å²) in [6.07, 6.45) is 0. The SMILES string of the molecule is CC1(C)C(CNC(=O)c2ccccc2Br)C1(C)C. The third-order valence-electron chi connectivity index (χ3n) is 4.90. The number of carbonyl (C=O) groups excluding carboxylic acids is 1. The third kappa shape index (κ3) is 2.09. The molecule has 0 heterocycles. The number of amides is 1. The van der Waals surface area contributed by atoms with Gasteiger partial charge in [-0.15, -0.1) is 0 Å². The van der Waals surface area contributed by atoms with E-state index in [0.29, 0.717) is 22.3 Å². The van der Waals surface area contributed by atoms with Crippen molar-refractivity contribution in [2.24, 2.45) is 16.7 Å². The maximum absolute atomic E-state index is 12.1. The van der Waals surface area contributed by atoms with E-state index in [1.165, 1.54) is 0 Å². The lowest BCUT2D eigenvalue weighted by atomic mass is 10.0. The summed E-state index contributed by atoms with van der Waals surface area (Å²) >= 11 is 3.40. The van der Waals surface area contributed by atoms with Crippen LogP contribution in [0.2, 0.25) is 0 Å². The van der Waals surface area contributed by atoms with Crippen LogP contribution in [0.1, 0.15) is 38.1 Å². The Labute approximate surface area is 117 Å². The summed E-state index contributed by atoms with van der Waals surface area (Å²) in [6, 6.07) is 7.52. The third-order valence-corrected chi connectivity index (χ3v) is 5.60. The van der Waals surface area contributed by atoms with Crippen LogP contribution in [0.15, 0.2) is 28.7 Å². The van der Waals surface area contributed by atoms with Crippen LogP contribution < -0.4 is 5.32 Å². The Morgan fingerprint density at radius 2 is 1.78 bits per heavy atom. The first-order valence-corrected chi connectivity index (χ1v) is 7.10. The van der Waals surface area contributed by atoms with E-state index in [-0.39, 0.29) is 5.91 Å². The van der Waals surface area contributed by atoms with Gasteiger partial charge in [0.25, 0.3) is 5.91 Å². The monoisotopic (exact) mass is 309 g/mol. The van der Waals surface area contributed by atoms with Gasteiger partial charge in [-0.05, 0) is 44.8 Å². The smallest absolute Gasteiger partial charge is 0.252 e. The van der Waals surface area contributed by atoms with E-state index in [4.69, 9.17) is 0 Å². The van der Waals surface area contributed by atoms with Gasteiger partial charge in [0, 0.05) is 11.0 Å². The summed E-state index contributed by atoms with van der Waals surface area (Å²) in [5.74, 6) is 0.553.